The summed E-state index contributed by atoms with van der Waals surface area (Å²) in [6.07, 6.45) is 0.886. The molecule has 0 saturated carbocycles. The molecule has 0 bridgehead atoms. The molecule has 9 heteroatoms. The molecular formula is C21H31ClIN5OS. The fourth-order valence-electron chi connectivity index (χ4n) is 3.42. The second-order valence-corrected chi connectivity index (χ2v) is 8.76. The zero-order chi connectivity index (χ0) is 20.6. The minimum Gasteiger partial charge on any atom is -0.379 e. The highest BCUT2D eigenvalue weighted by molar-refractivity contribution is 14.0. The number of aryl methyl sites for hydroxylation is 2. The maximum Gasteiger partial charge on any atom is 0.191 e. The average Bonchev–Trinajstić information content (AvgIpc) is 3.06. The summed E-state index contributed by atoms with van der Waals surface area (Å²) in [6, 6.07) is 8.23. The summed E-state index contributed by atoms with van der Waals surface area (Å²) in [6.45, 7) is 8.98. The number of hydrogen-bond donors (Lipinski definition) is 2. The van der Waals surface area contributed by atoms with E-state index in [4.69, 9.17) is 16.3 Å². The number of ether oxygens (including phenoxy) is 1. The van der Waals surface area contributed by atoms with Gasteiger partial charge in [0.15, 0.2) is 5.96 Å². The van der Waals surface area contributed by atoms with E-state index < -0.39 is 0 Å². The van der Waals surface area contributed by atoms with E-state index in [-0.39, 0.29) is 30.0 Å². The molecule has 2 heterocycles. The second-order valence-electron chi connectivity index (χ2n) is 7.06. The first-order chi connectivity index (χ1) is 14.1. The third kappa shape index (κ3) is 7.05. The van der Waals surface area contributed by atoms with Crippen molar-refractivity contribution in [3.8, 4) is 0 Å². The molecule has 1 aromatic heterocycles. The van der Waals surface area contributed by atoms with Crippen molar-refractivity contribution < 1.29 is 4.74 Å². The Bertz CT molecular complexity index is 806. The Morgan fingerprint density at radius 3 is 2.63 bits per heavy atom. The summed E-state index contributed by atoms with van der Waals surface area (Å²) >= 11 is 8.28. The zero-order valence-corrected chi connectivity index (χ0v) is 21.7. The Morgan fingerprint density at radius 2 is 2.00 bits per heavy atom. The van der Waals surface area contributed by atoms with Gasteiger partial charge in [-0.1, -0.05) is 29.8 Å². The molecule has 0 radical (unpaired) electrons. The van der Waals surface area contributed by atoms with Crippen LogP contribution in [0.5, 0.6) is 0 Å². The first-order valence-electron chi connectivity index (χ1n) is 10.0. The van der Waals surface area contributed by atoms with Crippen molar-refractivity contribution in [2.24, 2.45) is 4.99 Å². The number of benzene rings is 1. The molecule has 1 atom stereocenters. The third-order valence-corrected chi connectivity index (χ3v) is 6.62. The van der Waals surface area contributed by atoms with Gasteiger partial charge in [0.2, 0.25) is 0 Å². The number of thiazole rings is 1. The second kappa shape index (κ2) is 12.8. The van der Waals surface area contributed by atoms with E-state index in [9.17, 15) is 0 Å². The smallest absolute Gasteiger partial charge is 0.191 e. The molecule has 1 aliphatic heterocycles. The third-order valence-electron chi connectivity index (χ3n) is 5.14. The SMILES string of the molecule is CN=C(NCCc1nc(C)c(C)s1)NCC(c1ccccc1Cl)N1CCOCC1.I. The van der Waals surface area contributed by atoms with Gasteiger partial charge in [0.05, 0.1) is 30.0 Å². The van der Waals surface area contributed by atoms with Gasteiger partial charge >= 0.3 is 0 Å². The maximum atomic E-state index is 6.52. The van der Waals surface area contributed by atoms with Crippen LogP contribution in [0.25, 0.3) is 0 Å². The van der Waals surface area contributed by atoms with Crippen molar-refractivity contribution in [3.05, 3.63) is 50.4 Å². The largest absolute Gasteiger partial charge is 0.379 e. The van der Waals surface area contributed by atoms with Crippen LogP contribution < -0.4 is 10.6 Å². The highest BCUT2D eigenvalue weighted by Gasteiger charge is 2.24. The van der Waals surface area contributed by atoms with Crippen molar-refractivity contribution in [2.45, 2.75) is 26.3 Å². The lowest BCUT2D eigenvalue weighted by Crippen LogP contribution is -2.46. The Kier molecular flexibility index (Phi) is 10.8. The number of halogens is 2. The minimum atomic E-state index is 0. The summed E-state index contributed by atoms with van der Waals surface area (Å²) in [5.74, 6) is 0.792. The fraction of sp³-hybridized carbons (Fsp3) is 0.524. The molecule has 1 aromatic carbocycles. The Labute approximate surface area is 205 Å². The Hall–Kier alpha value is -0.940. The molecule has 1 saturated heterocycles. The highest BCUT2D eigenvalue weighted by Crippen LogP contribution is 2.27. The van der Waals surface area contributed by atoms with Crippen LogP contribution in [0.4, 0.5) is 0 Å². The van der Waals surface area contributed by atoms with Crippen molar-refractivity contribution >= 4 is 52.9 Å². The van der Waals surface area contributed by atoms with Crippen molar-refractivity contribution in [1.82, 2.24) is 20.5 Å². The number of morpholine rings is 1. The summed E-state index contributed by atoms with van der Waals surface area (Å²) in [5, 5.41) is 8.83. The normalized spacial score (nSPS) is 16.1. The standard InChI is InChI=1S/C21H30ClN5OS.HI/c1-15-16(2)29-20(26-15)8-9-24-21(23-3)25-14-19(27-10-12-28-13-11-27)17-6-4-5-7-18(17)22;/h4-7,19H,8-14H2,1-3H3,(H2,23,24,25);1H. The molecule has 2 N–H and O–H groups in total. The zero-order valence-electron chi connectivity index (χ0n) is 17.8. The molecule has 0 spiro atoms. The van der Waals surface area contributed by atoms with Crippen LogP contribution in [0.1, 0.15) is 27.2 Å². The summed E-state index contributed by atoms with van der Waals surface area (Å²) in [7, 11) is 1.80. The van der Waals surface area contributed by atoms with E-state index >= 15 is 0 Å². The lowest BCUT2D eigenvalue weighted by Gasteiger charge is -2.35. The summed E-state index contributed by atoms with van der Waals surface area (Å²) in [4.78, 5) is 12.7. The number of aromatic nitrogens is 1. The quantitative estimate of drug-likeness (QED) is 0.305. The summed E-state index contributed by atoms with van der Waals surface area (Å²) in [5.41, 5.74) is 2.26. The van der Waals surface area contributed by atoms with Crippen LogP contribution >= 0.6 is 46.9 Å². The van der Waals surface area contributed by atoms with Gasteiger partial charge in [0, 0.05) is 49.5 Å². The molecular weight excluding hydrogens is 533 g/mol. The fourth-order valence-corrected chi connectivity index (χ4v) is 4.61. The molecule has 2 aromatic rings. The molecule has 3 rings (SSSR count). The van der Waals surface area contributed by atoms with Crippen molar-refractivity contribution in [1.29, 1.82) is 0 Å². The van der Waals surface area contributed by atoms with Crippen LogP contribution in [0.15, 0.2) is 29.3 Å². The lowest BCUT2D eigenvalue weighted by molar-refractivity contribution is 0.0170. The van der Waals surface area contributed by atoms with Gasteiger partial charge in [-0.15, -0.1) is 35.3 Å². The highest BCUT2D eigenvalue weighted by atomic mass is 127. The average molecular weight is 564 g/mol. The van der Waals surface area contributed by atoms with Gasteiger partial charge in [0.1, 0.15) is 0 Å². The molecule has 6 nitrogen and oxygen atoms in total. The minimum absolute atomic E-state index is 0. The van der Waals surface area contributed by atoms with E-state index in [1.54, 1.807) is 18.4 Å². The molecule has 166 valence electrons. The topological polar surface area (TPSA) is 61.8 Å². The van der Waals surface area contributed by atoms with E-state index in [1.165, 1.54) is 4.88 Å². The van der Waals surface area contributed by atoms with Crippen LogP contribution in [0.3, 0.4) is 0 Å². The van der Waals surface area contributed by atoms with Gasteiger partial charge in [0.25, 0.3) is 0 Å². The number of hydrogen-bond acceptors (Lipinski definition) is 5. The predicted octanol–water partition coefficient (Wildman–Crippen LogP) is 3.81. The number of aliphatic imine (C=N–C) groups is 1. The Morgan fingerprint density at radius 1 is 1.27 bits per heavy atom. The molecule has 0 aliphatic carbocycles. The van der Waals surface area contributed by atoms with Crippen LogP contribution in [-0.4, -0.2) is 62.3 Å². The van der Waals surface area contributed by atoms with Crippen molar-refractivity contribution in [2.75, 3.05) is 46.4 Å². The van der Waals surface area contributed by atoms with Crippen LogP contribution in [0.2, 0.25) is 5.02 Å². The van der Waals surface area contributed by atoms with Crippen LogP contribution in [0, 0.1) is 13.8 Å². The van der Waals surface area contributed by atoms with Gasteiger partial charge < -0.3 is 15.4 Å². The van der Waals surface area contributed by atoms with Gasteiger partial charge in [-0.3, -0.25) is 9.89 Å². The van der Waals surface area contributed by atoms with Crippen molar-refractivity contribution in [3.63, 3.8) is 0 Å². The number of nitrogens with zero attached hydrogens (tertiary/aromatic N) is 3. The maximum absolute atomic E-state index is 6.52. The van der Waals surface area contributed by atoms with Gasteiger partial charge in [-0.05, 0) is 25.5 Å². The monoisotopic (exact) mass is 563 g/mol. The van der Waals surface area contributed by atoms with E-state index in [2.05, 4.69) is 45.4 Å². The molecule has 1 aliphatic rings. The van der Waals surface area contributed by atoms with E-state index in [0.717, 1.165) is 73.1 Å². The van der Waals surface area contributed by atoms with Crippen LogP contribution in [-0.2, 0) is 11.2 Å². The number of rotatable bonds is 7. The predicted molar refractivity (Wildman–Crippen MR) is 137 cm³/mol. The number of nitrogens with one attached hydrogen (secondary N) is 2. The first-order valence-corrected chi connectivity index (χ1v) is 11.2. The molecule has 0 amide bonds. The van der Waals surface area contributed by atoms with Gasteiger partial charge in [-0.2, -0.15) is 0 Å². The first kappa shape index (κ1) is 25.3. The lowest BCUT2D eigenvalue weighted by atomic mass is 10.0. The van der Waals surface area contributed by atoms with E-state index in [0.29, 0.717) is 0 Å². The van der Waals surface area contributed by atoms with Gasteiger partial charge in [-0.25, -0.2) is 4.98 Å². The Balaban J connectivity index is 0.00000320. The molecule has 30 heavy (non-hydrogen) atoms. The number of guanidine groups is 1. The summed E-state index contributed by atoms with van der Waals surface area (Å²) < 4.78 is 5.53. The molecule has 1 unspecified atom stereocenters. The molecule has 1 fully saturated rings. The van der Waals surface area contributed by atoms with E-state index in [1.807, 2.05) is 18.2 Å².